The number of carboxylic acid groups (broad SMARTS) is 1. The van der Waals surface area contributed by atoms with Crippen molar-refractivity contribution < 1.29 is 24.2 Å². The third-order valence-electron chi connectivity index (χ3n) is 4.84. The maximum Gasteiger partial charge on any atom is 0.257 e. The van der Waals surface area contributed by atoms with Gasteiger partial charge in [-0.3, -0.25) is 9.59 Å². The molecule has 3 rings (SSSR count). The van der Waals surface area contributed by atoms with E-state index < -0.39 is 17.8 Å². The maximum atomic E-state index is 12.9. The summed E-state index contributed by atoms with van der Waals surface area (Å²) < 4.78 is 5.04. The molecule has 0 saturated heterocycles. The monoisotopic (exact) mass is 443 g/mol. The van der Waals surface area contributed by atoms with Crippen molar-refractivity contribution in [1.29, 1.82) is 0 Å². The number of carboxylic acids is 1. The van der Waals surface area contributed by atoms with Crippen LogP contribution in [0.1, 0.15) is 27.0 Å². The Hall–Kier alpha value is -4.39. The van der Waals surface area contributed by atoms with Gasteiger partial charge in [-0.1, -0.05) is 66.7 Å². The number of amides is 2. The number of methoxy groups -OCH3 is 1. The SMILES string of the molecule is COc1ccc(C=C(C(=O)NCc2ccccc2)C(=O)NCc2ccccc2)cc1C(=O)[O-]. The lowest BCUT2D eigenvalue weighted by molar-refractivity contribution is -0.255. The minimum Gasteiger partial charge on any atom is -0.545 e. The lowest BCUT2D eigenvalue weighted by Crippen LogP contribution is -2.34. The molecule has 2 amide bonds. The number of ether oxygens (including phenoxy) is 1. The van der Waals surface area contributed by atoms with Crippen LogP contribution in [0.15, 0.2) is 84.4 Å². The molecule has 0 atom stereocenters. The Morgan fingerprint density at radius 3 is 1.79 bits per heavy atom. The number of hydrogen-bond donors (Lipinski definition) is 2. The van der Waals surface area contributed by atoms with Gasteiger partial charge in [0.15, 0.2) is 0 Å². The molecule has 0 bridgehead atoms. The molecule has 0 heterocycles. The van der Waals surface area contributed by atoms with Crippen LogP contribution in [0.3, 0.4) is 0 Å². The second-order valence-electron chi connectivity index (χ2n) is 7.14. The third-order valence-corrected chi connectivity index (χ3v) is 4.84. The van der Waals surface area contributed by atoms with Gasteiger partial charge in [-0.05, 0) is 34.9 Å². The van der Waals surface area contributed by atoms with Crippen LogP contribution < -0.4 is 20.5 Å². The Morgan fingerprint density at radius 2 is 1.33 bits per heavy atom. The number of hydrogen-bond acceptors (Lipinski definition) is 5. The predicted molar refractivity (Wildman–Crippen MR) is 122 cm³/mol. The summed E-state index contributed by atoms with van der Waals surface area (Å²) in [6.45, 7) is 0.464. The second-order valence-corrected chi connectivity index (χ2v) is 7.14. The molecule has 0 saturated carbocycles. The Balaban J connectivity index is 1.86. The lowest BCUT2D eigenvalue weighted by Gasteiger charge is -2.12. The lowest BCUT2D eigenvalue weighted by atomic mass is 10.1. The Bertz CT molecular complexity index is 1100. The van der Waals surface area contributed by atoms with Crippen molar-refractivity contribution in [3.63, 3.8) is 0 Å². The Morgan fingerprint density at radius 1 is 0.818 bits per heavy atom. The molecule has 7 heteroatoms. The van der Waals surface area contributed by atoms with E-state index in [0.717, 1.165) is 11.1 Å². The topological polar surface area (TPSA) is 108 Å². The summed E-state index contributed by atoms with van der Waals surface area (Å²) in [5.74, 6) is -2.48. The van der Waals surface area contributed by atoms with Gasteiger partial charge in [-0.15, -0.1) is 0 Å². The zero-order chi connectivity index (χ0) is 23.6. The quantitative estimate of drug-likeness (QED) is 0.299. The van der Waals surface area contributed by atoms with Gasteiger partial charge in [0.1, 0.15) is 11.3 Å². The first-order valence-electron chi connectivity index (χ1n) is 10.2. The molecule has 3 aromatic carbocycles. The van der Waals surface area contributed by atoms with E-state index in [-0.39, 0.29) is 30.0 Å². The summed E-state index contributed by atoms with van der Waals surface area (Å²) >= 11 is 0. The van der Waals surface area contributed by atoms with Crippen LogP contribution in [0, 0.1) is 0 Å². The van der Waals surface area contributed by atoms with Gasteiger partial charge in [0.05, 0.1) is 13.1 Å². The van der Waals surface area contributed by atoms with E-state index in [2.05, 4.69) is 10.6 Å². The highest BCUT2D eigenvalue weighted by atomic mass is 16.5. The first-order chi connectivity index (χ1) is 16.0. The molecule has 0 aromatic heterocycles. The number of carbonyl (C=O) groups excluding carboxylic acids is 3. The van der Waals surface area contributed by atoms with E-state index >= 15 is 0 Å². The zero-order valence-electron chi connectivity index (χ0n) is 18.0. The summed E-state index contributed by atoms with van der Waals surface area (Å²) in [7, 11) is 1.34. The molecular weight excluding hydrogens is 420 g/mol. The first kappa shape index (κ1) is 23.3. The van der Waals surface area contributed by atoms with Crippen LogP contribution in [0.4, 0.5) is 0 Å². The van der Waals surface area contributed by atoms with Crippen molar-refractivity contribution in [2.45, 2.75) is 13.1 Å². The molecular formula is C26H23N2O5-. The van der Waals surface area contributed by atoms with Crippen molar-refractivity contribution in [3.8, 4) is 5.75 Å². The molecule has 0 radical (unpaired) electrons. The minimum absolute atomic E-state index is 0.121. The van der Waals surface area contributed by atoms with Gasteiger partial charge in [0.2, 0.25) is 0 Å². The van der Waals surface area contributed by atoms with Crippen LogP contribution in [0.25, 0.3) is 6.08 Å². The molecule has 7 nitrogen and oxygen atoms in total. The summed E-state index contributed by atoms with van der Waals surface area (Å²) in [5.41, 5.74) is 1.75. The molecule has 0 aliphatic carbocycles. The van der Waals surface area contributed by atoms with Crippen LogP contribution in [0.2, 0.25) is 0 Å². The molecule has 0 unspecified atom stereocenters. The largest absolute Gasteiger partial charge is 0.545 e. The average molecular weight is 443 g/mol. The number of aromatic carboxylic acids is 1. The maximum absolute atomic E-state index is 12.9. The Labute approximate surface area is 191 Å². The molecule has 3 aromatic rings. The third kappa shape index (κ3) is 6.54. The number of rotatable bonds is 9. The fourth-order valence-corrected chi connectivity index (χ4v) is 3.12. The molecule has 0 spiro atoms. The van der Waals surface area contributed by atoms with Crippen molar-refractivity contribution in [3.05, 3.63) is 107 Å². The molecule has 0 aliphatic heterocycles. The van der Waals surface area contributed by atoms with Crippen molar-refractivity contribution in [2.24, 2.45) is 0 Å². The van der Waals surface area contributed by atoms with E-state index in [4.69, 9.17) is 4.74 Å². The van der Waals surface area contributed by atoms with Crippen LogP contribution >= 0.6 is 0 Å². The fraction of sp³-hybridized carbons (Fsp3) is 0.115. The van der Waals surface area contributed by atoms with Gasteiger partial charge < -0.3 is 25.3 Å². The van der Waals surface area contributed by atoms with Gasteiger partial charge in [-0.25, -0.2) is 0 Å². The smallest absolute Gasteiger partial charge is 0.257 e. The van der Waals surface area contributed by atoms with E-state index in [0.29, 0.717) is 5.56 Å². The van der Waals surface area contributed by atoms with Gasteiger partial charge in [0.25, 0.3) is 11.8 Å². The molecule has 0 aliphatic rings. The molecule has 168 valence electrons. The van der Waals surface area contributed by atoms with E-state index in [1.54, 1.807) is 6.07 Å². The standard InChI is InChI=1S/C26H24N2O5/c1-33-23-13-12-20(14-21(23)26(31)32)15-22(24(29)27-16-18-8-4-2-5-9-18)25(30)28-17-19-10-6-3-7-11-19/h2-15H,16-17H2,1H3,(H,27,29)(H,28,30)(H,31,32)/p-1. The Kier molecular flexibility index (Phi) is 7.96. The van der Waals surface area contributed by atoms with Gasteiger partial charge in [0, 0.05) is 18.7 Å². The molecule has 2 N–H and O–H groups in total. The van der Waals surface area contributed by atoms with Crippen LogP contribution in [-0.4, -0.2) is 24.9 Å². The zero-order valence-corrected chi connectivity index (χ0v) is 18.0. The summed E-state index contributed by atoms with van der Waals surface area (Å²) in [6.07, 6.45) is 1.34. The molecule has 33 heavy (non-hydrogen) atoms. The highest BCUT2D eigenvalue weighted by Gasteiger charge is 2.19. The normalized spacial score (nSPS) is 10.1. The number of nitrogens with one attached hydrogen (secondary N) is 2. The van der Waals surface area contributed by atoms with Crippen LogP contribution in [-0.2, 0) is 22.7 Å². The van der Waals surface area contributed by atoms with Crippen molar-refractivity contribution in [1.82, 2.24) is 10.6 Å². The summed E-state index contributed by atoms with van der Waals surface area (Å²) in [4.78, 5) is 37.3. The van der Waals surface area contributed by atoms with Crippen molar-refractivity contribution >= 4 is 23.9 Å². The van der Waals surface area contributed by atoms with Gasteiger partial charge >= 0.3 is 0 Å². The highest BCUT2D eigenvalue weighted by molar-refractivity contribution is 6.21. The van der Waals surface area contributed by atoms with Crippen LogP contribution in [0.5, 0.6) is 5.75 Å². The minimum atomic E-state index is -1.43. The second kappa shape index (κ2) is 11.3. The van der Waals surface area contributed by atoms with Crippen molar-refractivity contribution in [2.75, 3.05) is 7.11 Å². The highest BCUT2D eigenvalue weighted by Crippen LogP contribution is 2.21. The predicted octanol–water partition coefficient (Wildman–Crippen LogP) is 2.07. The molecule has 0 fully saturated rings. The summed E-state index contributed by atoms with van der Waals surface area (Å²) in [5, 5.41) is 16.9. The summed E-state index contributed by atoms with van der Waals surface area (Å²) in [6, 6.07) is 22.9. The number of benzene rings is 3. The first-order valence-corrected chi connectivity index (χ1v) is 10.2. The van der Waals surface area contributed by atoms with E-state index in [1.165, 1.54) is 25.3 Å². The van der Waals surface area contributed by atoms with E-state index in [1.807, 2.05) is 60.7 Å². The fourth-order valence-electron chi connectivity index (χ4n) is 3.12. The van der Waals surface area contributed by atoms with E-state index in [9.17, 15) is 19.5 Å². The van der Waals surface area contributed by atoms with Gasteiger partial charge in [-0.2, -0.15) is 0 Å². The number of carbonyl (C=O) groups is 3. The average Bonchev–Trinajstić information content (AvgIpc) is 2.85.